The topological polar surface area (TPSA) is 3.24 Å². The predicted molar refractivity (Wildman–Crippen MR) is 104 cm³/mol. The predicted octanol–water partition coefficient (Wildman–Crippen LogP) is 6.87. The smallest absolute Gasteiger partial charge is 0.0223 e. The van der Waals surface area contributed by atoms with Crippen LogP contribution in [0.2, 0.25) is 0 Å². The van der Waals surface area contributed by atoms with Crippen LogP contribution in [0.3, 0.4) is 0 Å². The summed E-state index contributed by atoms with van der Waals surface area (Å²) in [5.74, 6) is 0.797. The molecule has 0 radical (unpaired) electrons. The normalized spacial score (nSPS) is 10.6. The van der Waals surface area contributed by atoms with Crippen molar-refractivity contribution in [1.29, 1.82) is 0 Å². The van der Waals surface area contributed by atoms with E-state index in [-0.39, 0.29) is 0 Å². The van der Waals surface area contributed by atoms with Crippen LogP contribution < -0.4 is 0 Å². The zero-order valence-electron chi connectivity index (χ0n) is 14.8. The van der Waals surface area contributed by atoms with Crippen molar-refractivity contribution in [2.45, 2.75) is 84.0 Å². The fourth-order valence-corrected chi connectivity index (χ4v) is 2.69. The van der Waals surface area contributed by atoms with Crippen LogP contribution in [-0.4, -0.2) is 36.8 Å². The van der Waals surface area contributed by atoms with Gasteiger partial charge in [0, 0.05) is 11.2 Å². The van der Waals surface area contributed by atoms with Crippen LogP contribution in [-0.2, 0) is 0 Å². The fraction of sp³-hybridized carbons (Fsp3) is 1.00. The third-order valence-corrected chi connectivity index (χ3v) is 4.30. The van der Waals surface area contributed by atoms with Crippen LogP contribution in [0.15, 0.2) is 0 Å². The highest BCUT2D eigenvalue weighted by molar-refractivity contribution is 9.09. The van der Waals surface area contributed by atoms with Gasteiger partial charge in [0.25, 0.3) is 0 Å². The maximum Gasteiger partial charge on any atom is 0.0223 e. The second-order valence-electron chi connectivity index (χ2n) is 6.07. The van der Waals surface area contributed by atoms with E-state index in [0.29, 0.717) is 0 Å². The van der Waals surface area contributed by atoms with Gasteiger partial charge in [-0.3, -0.25) is 0 Å². The van der Waals surface area contributed by atoms with Gasteiger partial charge in [0.2, 0.25) is 0 Å². The Labute approximate surface area is 148 Å². The summed E-state index contributed by atoms with van der Waals surface area (Å²) in [6, 6.07) is 0. The number of nitrogens with zero attached hydrogens (tertiary/aromatic N) is 1. The number of rotatable bonds is 14. The molecule has 0 aliphatic heterocycles. The highest BCUT2D eigenvalue weighted by atomic mass is 79.9. The lowest BCUT2D eigenvalue weighted by Gasteiger charge is -2.08. The molecular weight excluding hydrogens is 346 g/mol. The number of alkyl halides is 2. The van der Waals surface area contributed by atoms with Crippen LogP contribution >= 0.6 is 27.5 Å². The standard InChI is InChI=1S/C14H31N.C4H8BrCl/c1-4-5-6-7-8-9-10-11-12-13-14-15(2)3;5-3-1-2-4-6/h4-14H2,1-3H3;1-4H2. The van der Waals surface area contributed by atoms with Gasteiger partial charge in [0.1, 0.15) is 0 Å². The number of unbranched alkanes of at least 4 members (excludes halogenated alkanes) is 10. The summed E-state index contributed by atoms with van der Waals surface area (Å²) in [6.45, 7) is 3.54. The molecule has 0 fully saturated rings. The lowest BCUT2D eigenvalue weighted by atomic mass is 10.1. The van der Waals surface area contributed by atoms with Crippen molar-refractivity contribution < 1.29 is 0 Å². The molecule has 0 heterocycles. The first kappa shape index (κ1) is 24.0. The van der Waals surface area contributed by atoms with Gasteiger partial charge in [-0.15, -0.1) is 11.6 Å². The molecule has 0 spiro atoms. The van der Waals surface area contributed by atoms with Gasteiger partial charge in [-0.2, -0.15) is 0 Å². The van der Waals surface area contributed by atoms with E-state index in [1.807, 2.05) is 0 Å². The van der Waals surface area contributed by atoms with Crippen LogP contribution in [0, 0.1) is 0 Å². The van der Waals surface area contributed by atoms with E-state index >= 15 is 0 Å². The molecule has 0 saturated carbocycles. The minimum absolute atomic E-state index is 0.797. The van der Waals surface area contributed by atoms with Crippen LogP contribution in [0.4, 0.5) is 0 Å². The average Bonchev–Trinajstić information content (AvgIpc) is 2.47. The highest BCUT2D eigenvalue weighted by Crippen LogP contribution is 2.10. The molecule has 0 aliphatic rings. The second-order valence-corrected chi connectivity index (χ2v) is 7.24. The molecule has 0 rings (SSSR count). The molecule has 0 unspecified atom stereocenters. The van der Waals surface area contributed by atoms with Gasteiger partial charge in [0.15, 0.2) is 0 Å². The summed E-state index contributed by atoms with van der Waals surface area (Å²) in [4.78, 5) is 2.28. The van der Waals surface area contributed by atoms with E-state index in [4.69, 9.17) is 11.6 Å². The van der Waals surface area contributed by atoms with Crippen LogP contribution in [0.25, 0.3) is 0 Å². The average molecular weight is 385 g/mol. The molecule has 0 saturated heterocycles. The molecule has 21 heavy (non-hydrogen) atoms. The molecule has 1 nitrogen and oxygen atoms in total. The molecule has 3 heteroatoms. The van der Waals surface area contributed by atoms with Crippen molar-refractivity contribution in [3.8, 4) is 0 Å². The number of hydrogen-bond acceptors (Lipinski definition) is 1. The Morgan fingerprint density at radius 3 is 1.52 bits per heavy atom. The molecule has 0 N–H and O–H groups in total. The largest absolute Gasteiger partial charge is 0.309 e. The van der Waals surface area contributed by atoms with Crippen molar-refractivity contribution in [3.63, 3.8) is 0 Å². The summed E-state index contributed by atoms with van der Waals surface area (Å²) < 4.78 is 0. The fourth-order valence-electron chi connectivity index (χ4n) is 2.10. The third-order valence-electron chi connectivity index (χ3n) is 3.48. The number of halogens is 2. The molecule has 0 aromatic heterocycles. The zero-order chi connectivity index (χ0) is 16.2. The van der Waals surface area contributed by atoms with E-state index in [1.165, 1.54) is 77.2 Å². The maximum absolute atomic E-state index is 5.36. The van der Waals surface area contributed by atoms with Crippen molar-refractivity contribution in [1.82, 2.24) is 4.90 Å². The quantitative estimate of drug-likeness (QED) is 0.233. The Balaban J connectivity index is 0. The molecule has 0 aromatic carbocycles. The molecule has 0 bridgehead atoms. The van der Waals surface area contributed by atoms with Crippen molar-refractivity contribution in [2.75, 3.05) is 31.9 Å². The summed E-state index contributed by atoms with van der Waals surface area (Å²) in [7, 11) is 4.32. The van der Waals surface area contributed by atoms with Gasteiger partial charge in [0.05, 0.1) is 0 Å². The van der Waals surface area contributed by atoms with Crippen molar-refractivity contribution in [3.05, 3.63) is 0 Å². The lowest BCUT2D eigenvalue weighted by molar-refractivity contribution is 0.389. The molecular formula is C18H39BrClN. The highest BCUT2D eigenvalue weighted by Gasteiger charge is 1.93. The maximum atomic E-state index is 5.36. The Kier molecular flexibility index (Phi) is 26.3. The van der Waals surface area contributed by atoms with Crippen LogP contribution in [0.1, 0.15) is 84.0 Å². The monoisotopic (exact) mass is 383 g/mol. The molecule has 0 amide bonds. The zero-order valence-corrected chi connectivity index (χ0v) is 17.2. The van der Waals surface area contributed by atoms with Crippen molar-refractivity contribution >= 4 is 27.5 Å². The third kappa shape index (κ3) is 29.4. The van der Waals surface area contributed by atoms with Gasteiger partial charge >= 0.3 is 0 Å². The van der Waals surface area contributed by atoms with Crippen LogP contribution in [0.5, 0.6) is 0 Å². The van der Waals surface area contributed by atoms with Gasteiger partial charge in [-0.05, 0) is 39.9 Å². The first-order valence-corrected chi connectivity index (χ1v) is 10.6. The van der Waals surface area contributed by atoms with E-state index < -0.39 is 0 Å². The molecule has 130 valence electrons. The second kappa shape index (κ2) is 23.0. The lowest BCUT2D eigenvalue weighted by Crippen LogP contribution is -2.12. The summed E-state index contributed by atoms with van der Waals surface area (Å²) in [5, 5.41) is 1.08. The Bertz CT molecular complexity index is 161. The van der Waals surface area contributed by atoms with Gasteiger partial charge in [-0.1, -0.05) is 80.6 Å². The Hall–Kier alpha value is 0.730. The minimum atomic E-state index is 0.797. The SMILES string of the molecule is CCCCCCCCCCCCN(C)C.ClCCCCBr. The van der Waals surface area contributed by atoms with E-state index in [0.717, 1.165) is 17.6 Å². The summed E-state index contributed by atoms with van der Waals surface area (Å²) in [5.41, 5.74) is 0. The molecule has 0 aliphatic carbocycles. The molecule has 0 atom stereocenters. The van der Waals surface area contributed by atoms with Crippen molar-refractivity contribution in [2.24, 2.45) is 0 Å². The van der Waals surface area contributed by atoms with Gasteiger partial charge < -0.3 is 4.90 Å². The summed E-state index contributed by atoms with van der Waals surface area (Å²) >= 11 is 8.65. The first-order valence-electron chi connectivity index (χ1n) is 8.95. The van der Waals surface area contributed by atoms with Gasteiger partial charge in [-0.25, -0.2) is 0 Å². The Morgan fingerprint density at radius 2 is 1.19 bits per heavy atom. The Morgan fingerprint density at radius 1 is 0.714 bits per heavy atom. The van der Waals surface area contributed by atoms with E-state index in [9.17, 15) is 0 Å². The number of hydrogen-bond donors (Lipinski definition) is 0. The van der Waals surface area contributed by atoms with E-state index in [1.54, 1.807) is 0 Å². The summed E-state index contributed by atoms with van der Waals surface area (Å²) in [6.07, 6.45) is 16.7. The minimum Gasteiger partial charge on any atom is -0.309 e. The van der Waals surface area contributed by atoms with E-state index in [2.05, 4.69) is 41.8 Å². The molecule has 0 aromatic rings. The first-order chi connectivity index (χ1) is 10.2.